The zero-order valence-corrected chi connectivity index (χ0v) is 19.8. The molecular weight excluding hydrogens is 398 g/mol. The molecule has 2 saturated heterocycles. The first-order valence-electron chi connectivity index (χ1n) is 12.8. The fraction of sp³-hybridized carbons (Fsp3) is 0.692. The average Bonchev–Trinajstić information content (AvgIpc) is 2.77. The molecule has 176 valence electrons. The molecule has 1 aromatic carbocycles. The zero-order chi connectivity index (χ0) is 22.2. The van der Waals surface area contributed by atoms with Gasteiger partial charge in [-0.05, 0) is 63.5 Å². The Hall–Kier alpha value is -2.08. The van der Waals surface area contributed by atoms with Gasteiger partial charge in [-0.3, -0.25) is 14.7 Å². The van der Waals surface area contributed by atoms with Crippen molar-refractivity contribution < 1.29 is 4.79 Å². The third-order valence-corrected chi connectivity index (χ3v) is 7.42. The van der Waals surface area contributed by atoms with Gasteiger partial charge < -0.3 is 15.5 Å². The summed E-state index contributed by atoms with van der Waals surface area (Å²) in [6, 6.07) is 11.6. The Morgan fingerprint density at radius 3 is 2.66 bits per heavy atom. The number of nitrogens with zero attached hydrogens (tertiary/aromatic N) is 3. The molecule has 2 N–H and O–H groups in total. The molecule has 0 aromatic heterocycles. The van der Waals surface area contributed by atoms with Crippen molar-refractivity contribution in [1.29, 1.82) is 0 Å². The number of hydrogen-bond acceptors (Lipinski definition) is 3. The summed E-state index contributed by atoms with van der Waals surface area (Å²) in [4.78, 5) is 22.1. The Labute approximate surface area is 193 Å². The van der Waals surface area contributed by atoms with Crippen LogP contribution in [0.2, 0.25) is 0 Å². The van der Waals surface area contributed by atoms with Crippen LogP contribution in [0.4, 0.5) is 0 Å². The quantitative estimate of drug-likeness (QED) is 0.371. The van der Waals surface area contributed by atoms with Gasteiger partial charge in [-0.15, -0.1) is 0 Å². The third-order valence-electron chi connectivity index (χ3n) is 7.42. The molecule has 0 spiro atoms. The van der Waals surface area contributed by atoms with Crippen LogP contribution in [0.25, 0.3) is 0 Å². The number of benzene rings is 1. The maximum Gasteiger partial charge on any atom is 0.223 e. The second-order valence-corrected chi connectivity index (χ2v) is 9.67. The van der Waals surface area contributed by atoms with Gasteiger partial charge in [0.1, 0.15) is 0 Å². The van der Waals surface area contributed by atoms with E-state index >= 15 is 0 Å². The van der Waals surface area contributed by atoms with Crippen LogP contribution in [0.15, 0.2) is 35.3 Å². The van der Waals surface area contributed by atoms with Gasteiger partial charge in [-0.25, -0.2) is 0 Å². The van der Waals surface area contributed by atoms with Crippen LogP contribution in [-0.2, 0) is 11.3 Å². The predicted octanol–water partition coefficient (Wildman–Crippen LogP) is 3.24. The zero-order valence-electron chi connectivity index (χ0n) is 19.8. The second-order valence-electron chi connectivity index (χ2n) is 9.67. The number of hydrogen-bond donors (Lipinski definition) is 2. The van der Waals surface area contributed by atoms with E-state index < -0.39 is 0 Å². The molecule has 0 bridgehead atoms. The summed E-state index contributed by atoms with van der Waals surface area (Å²) in [5.74, 6) is 2.28. The molecule has 4 rings (SSSR count). The van der Waals surface area contributed by atoms with E-state index in [0.717, 1.165) is 64.5 Å². The normalized spacial score (nSPS) is 24.5. The van der Waals surface area contributed by atoms with Gasteiger partial charge in [0, 0.05) is 51.2 Å². The van der Waals surface area contributed by atoms with Crippen LogP contribution in [0, 0.1) is 11.8 Å². The molecular formula is C26H41N5O. The third kappa shape index (κ3) is 6.03. The lowest BCUT2D eigenvalue weighted by molar-refractivity contribution is -0.127. The van der Waals surface area contributed by atoms with Gasteiger partial charge >= 0.3 is 0 Å². The molecule has 2 atom stereocenters. The van der Waals surface area contributed by atoms with E-state index in [1.54, 1.807) is 0 Å². The minimum atomic E-state index is 0.242. The van der Waals surface area contributed by atoms with Crippen molar-refractivity contribution >= 4 is 11.9 Å². The Bertz CT molecular complexity index is 748. The van der Waals surface area contributed by atoms with Gasteiger partial charge in [0.25, 0.3) is 0 Å². The minimum absolute atomic E-state index is 0.242. The van der Waals surface area contributed by atoms with Crippen molar-refractivity contribution in [3.63, 3.8) is 0 Å². The molecule has 1 amide bonds. The van der Waals surface area contributed by atoms with Gasteiger partial charge in [0.2, 0.25) is 5.91 Å². The first-order valence-corrected chi connectivity index (χ1v) is 12.8. The first kappa shape index (κ1) is 23.1. The van der Waals surface area contributed by atoms with E-state index in [0.29, 0.717) is 12.0 Å². The molecule has 3 fully saturated rings. The largest absolute Gasteiger partial charge is 0.357 e. The summed E-state index contributed by atoms with van der Waals surface area (Å²) in [5.41, 5.74) is 1.43. The Morgan fingerprint density at radius 2 is 1.91 bits per heavy atom. The lowest BCUT2D eigenvalue weighted by Crippen LogP contribution is -2.56. The number of rotatable bonds is 8. The van der Waals surface area contributed by atoms with Gasteiger partial charge in [0.05, 0.1) is 0 Å². The van der Waals surface area contributed by atoms with Crippen molar-refractivity contribution in [3.05, 3.63) is 35.9 Å². The summed E-state index contributed by atoms with van der Waals surface area (Å²) in [7, 11) is 0. The summed E-state index contributed by atoms with van der Waals surface area (Å²) in [6.07, 6.45) is 8.05. The number of piperidine rings is 2. The van der Waals surface area contributed by atoms with E-state index in [4.69, 9.17) is 4.99 Å². The highest BCUT2D eigenvalue weighted by Crippen LogP contribution is 2.31. The van der Waals surface area contributed by atoms with Crippen LogP contribution in [0.5, 0.6) is 0 Å². The van der Waals surface area contributed by atoms with Crippen molar-refractivity contribution in [1.82, 2.24) is 20.4 Å². The summed E-state index contributed by atoms with van der Waals surface area (Å²) < 4.78 is 0. The van der Waals surface area contributed by atoms with Crippen LogP contribution in [0.1, 0.15) is 57.4 Å². The summed E-state index contributed by atoms with van der Waals surface area (Å²) >= 11 is 0. The average molecular weight is 440 g/mol. The second kappa shape index (κ2) is 11.7. The van der Waals surface area contributed by atoms with Crippen molar-refractivity contribution in [2.45, 2.75) is 64.5 Å². The number of carbonyl (C=O) groups excluding carboxylic acids is 1. The number of guanidine groups is 1. The SMILES string of the molecule is CCNC(=NCCCNC(=O)C1CCC1)N1CCC2C(CCCN2Cc2ccccc2)C1. The molecule has 32 heavy (non-hydrogen) atoms. The Balaban J connectivity index is 1.26. The molecule has 6 nitrogen and oxygen atoms in total. The number of likely N-dealkylation sites (tertiary alicyclic amines) is 2. The Morgan fingerprint density at radius 1 is 1.06 bits per heavy atom. The highest BCUT2D eigenvalue weighted by molar-refractivity contribution is 5.80. The maximum atomic E-state index is 12.0. The molecule has 1 aliphatic carbocycles. The van der Waals surface area contributed by atoms with Crippen LogP contribution < -0.4 is 10.6 Å². The van der Waals surface area contributed by atoms with E-state index in [1.807, 2.05) is 0 Å². The van der Waals surface area contributed by atoms with Crippen molar-refractivity contribution in [2.75, 3.05) is 39.3 Å². The maximum absolute atomic E-state index is 12.0. The van der Waals surface area contributed by atoms with Gasteiger partial charge in [-0.1, -0.05) is 36.8 Å². The van der Waals surface area contributed by atoms with Gasteiger partial charge in [-0.2, -0.15) is 0 Å². The number of aliphatic imine (C=N–C) groups is 1. The van der Waals surface area contributed by atoms with Crippen molar-refractivity contribution in [3.8, 4) is 0 Å². The van der Waals surface area contributed by atoms with E-state index in [9.17, 15) is 4.79 Å². The van der Waals surface area contributed by atoms with E-state index in [2.05, 4.69) is 57.7 Å². The molecule has 0 radical (unpaired) electrons. The fourth-order valence-electron chi connectivity index (χ4n) is 5.43. The lowest BCUT2D eigenvalue weighted by atomic mass is 9.83. The van der Waals surface area contributed by atoms with E-state index in [1.165, 1.54) is 37.8 Å². The first-order chi connectivity index (χ1) is 15.7. The summed E-state index contributed by atoms with van der Waals surface area (Å²) in [5, 5.41) is 6.59. The van der Waals surface area contributed by atoms with E-state index in [-0.39, 0.29) is 11.8 Å². The molecule has 1 aromatic rings. The van der Waals surface area contributed by atoms with Crippen LogP contribution >= 0.6 is 0 Å². The minimum Gasteiger partial charge on any atom is -0.357 e. The highest BCUT2D eigenvalue weighted by atomic mass is 16.1. The molecule has 2 unspecified atom stereocenters. The smallest absolute Gasteiger partial charge is 0.223 e. The molecule has 3 aliphatic rings. The fourth-order valence-corrected chi connectivity index (χ4v) is 5.43. The standard InChI is InChI=1S/C26H41N5O/c1-2-27-26(29-16-8-15-28-25(32)22-11-6-12-22)31-18-14-24-23(20-31)13-7-17-30(24)19-21-9-4-3-5-10-21/h3-5,9-10,22-24H,2,6-8,11-20H2,1H3,(H,27,29)(H,28,32). The Kier molecular flexibility index (Phi) is 8.43. The molecule has 2 aliphatic heterocycles. The topological polar surface area (TPSA) is 60.0 Å². The number of fused-ring (bicyclic) bond motifs is 1. The number of nitrogens with one attached hydrogen (secondary N) is 2. The van der Waals surface area contributed by atoms with Gasteiger partial charge in [0.15, 0.2) is 5.96 Å². The van der Waals surface area contributed by atoms with Crippen LogP contribution in [0.3, 0.4) is 0 Å². The van der Waals surface area contributed by atoms with Crippen molar-refractivity contribution in [2.24, 2.45) is 16.8 Å². The number of amides is 1. The summed E-state index contributed by atoms with van der Waals surface area (Å²) in [6.45, 7) is 8.98. The molecule has 1 saturated carbocycles. The predicted molar refractivity (Wildman–Crippen MR) is 131 cm³/mol. The van der Waals surface area contributed by atoms with Crippen LogP contribution in [-0.4, -0.2) is 67.0 Å². The number of carbonyl (C=O) groups is 1. The molecule has 2 heterocycles. The lowest BCUT2D eigenvalue weighted by Gasteiger charge is -2.48. The molecule has 6 heteroatoms. The monoisotopic (exact) mass is 439 g/mol. The highest BCUT2D eigenvalue weighted by Gasteiger charge is 2.36.